The van der Waals surface area contributed by atoms with E-state index in [2.05, 4.69) is 29.6 Å². The fraction of sp³-hybridized carbons (Fsp3) is 0.333. The molecule has 3 aromatic carbocycles. The normalized spacial score (nSPS) is 14.8. The number of ether oxygens (including phenoxy) is 2. The highest BCUT2D eigenvalue weighted by Gasteiger charge is 2.30. The number of nitrogens with one attached hydrogen (secondary N) is 1. The molecule has 0 fully saturated rings. The highest BCUT2D eigenvalue weighted by Crippen LogP contribution is 2.44. The third kappa shape index (κ3) is 4.68. The molecule has 0 heterocycles. The summed E-state index contributed by atoms with van der Waals surface area (Å²) in [6, 6.07) is 19.0. The van der Waals surface area contributed by atoms with Gasteiger partial charge in [0.15, 0.2) is 0 Å². The molecule has 1 unspecified atom stereocenters. The topological polar surface area (TPSA) is 84.9 Å². The first kappa shape index (κ1) is 23.9. The van der Waals surface area contributed by atoms with Crippen molar-refractivity contribution < 1.29 is 24.2 Å². The van der Waals surface area contributed by atoms with E-state index in [1.807, 2.05) is 43.3 Å². The Morgan fingerprint density at radius 1 is 0.944 bits per heavy atom. The van der Waals surface area contributed by atoms with Crippen LogP contribution >= 0.6 is 0 Å². The zero-order valence-electron chi connectivity index (χ0n) is 20.5. The maximum Gasteiger partial charge on any atom is 0.407 e. The molecule has 6 heteroatoms. The molecule has 36 heavy (non-hydrogen) atoms. The van der Waals surface area contributed by atoms with E-state index in [0.29, 0.717) is 6.61 Å². The Kier molecular flexibility index (Phi) is 6.94. The first-order valence-corrected chi connectivity index (χ1v) is 12.7. The molecule has 0 aromatic heterocycles. The Labute approximate surface area is 211 Å². The van der Waals surface area contributed by atoms with E-state index in [1.54, 1.807) is 0 Å². The Hall–Kier alpha value is -3.80. The second kappa shape index (κ2) is 10.4. The molecule has 3 aromatic rings. The van der Waals surface area contributed by atoms with Crippen molar-refractivity contribution in [1.29, 1.82) is 0 Å². The van der Waals surface area contributed by atoms with Gasteiger partial charge in [0.1, 0.15) is 18.4 Å². The van der Waals surface area contributed by atoms with Gasteiger partial charge < -0.3 is 19.9 Å². The number of fused-ring (bicyclic) bond motifs is 4. The number of carbonyl (C=O) groups is 2. The first-order valence-electron chi connectivity index (χ1n) is 12.7. The molecule has 2 aliphatic carbocycles. The van der Waals surface area contributed by atoms with Gasteiger partial charge in [-0.25, -0.2) is 9.59 Å². The Bertz CT molecular complexity index is 1240. The summed E-state index contributed by atoms with van der Waals surface area (Å²) in [6.45, 7) is 2.69. The van der Waals surface area contributed by atoms with Gasteiger partial charge in [0.25, 0.3) is 0 Å². The van der Waals surface area contributed by atoms with Gasteiger partial charge in [-0.15, -0.1) is 0 Å². The molecule has 0 saturated heterocycles. The molecule has 2 N–H and O–H groups in total. The number of carbonyl (C=O) groups excluding carboxylic acids is 1. The van der Waals surface area contributed by atoms with Gasteiger partial charge in [0.05, 0.1) is 6.61 Å². The third-order valence-electron chi connectivity index (χ3n) is 7.25. The zero-order valence-corrected chi connectivity index (χ0v) is 20.5. The molecule has 0 spiro atoms. The number of alkyl carbamates (subject to hydrolysis) is 1. The van der Waals surface area contributed by atoms with Crippen LogP contribution in [-0.4, -0.2) is 36.4 Å². The van der Waals surface area contributed by atoms with Gasteiger partial charge >= 0.3 is 12.1 Å². The Morgan fingerprint density at radius 3 is 2.22 bits per heavy atom. The van der Waals surface area contributed by atoms with Gasteiger partial charge in [0.2, 0.25) is 0 Å². The van der Waals surface area contributed by atoms with Crippen LogP contribution in [-0.2, 0) is 28.8 Å². The summed E-state index contributed by atoms with van der Waals surface area (Å²) < 4.78 is 11.4. The summed E-state index contributed by atoms with van der Waals surface area (Å²) in [5.41, 5.74) is 7.79. The molecule has 5 rings (SSSR count). The first-order chi connectivity index (χ1) is 17.6. The molecule has 6 nitrogen and oxygen atoms in total. The molecule has 2 aliphatic rings. The molecule has 0 aliphatic heterocycles. The highest BCUT2D eigenvalue weighted by atomic mass is 16.5. The lowest BCUT2D eigenvalue weighted by molar-refractivity contribution is -0.139. The van der Waals surface area contributed by atoms with E-state index >= 15 is 0 Å². The lowest BCUT2D eigenvalue weighted by atomic mass is 9.85. The minimum Gasteiger partial charge on any atom is -0.494 e. The molecular weight excluding hydrogens is 454 g/mol. The van der Waals surface area contributed by atoms with Gasteiger partial charge in [-0.1, -0.05) is 54.6 Å². The number of hydrogen-bond acceptors (Lipinski definition) is 4. The number of rotatable bonds is 8. The van der Waals surface area contributed by atoms with Crippen LogP contribution in [0.15, 0.2) is 60.7 Å². The number of aliphatic carboxylic acids is 1. The van der Waals surface area contributed by atoms with Crippen molar-refractivity contribution in [3.63, 3.8) is 0 Å². The fourth-order valence-electron chi connectivity index (χ4n) is 5.59. The van der Waals surface area contributed by atoms with Crippen LogP contribution in [0, 0.1) is 0 Å². The Balaban J connectivity index is 1.28. The second-order valence-corrected chi connectivity index (χ2v) is 9.38. The number of amides is 1. The van der Waals surface area contributed by atoms with Crippen LogP contribution < -0.4 is 10.1 Å². The zero-order chi connectivity index (χ0) is 25.1. The largest absolute Gasteiger partial charge is 0.494 e. The molecule has 0 bridgehead atoms. The quantitative estimate of drug-likeness (QED) is 0.440. The van der Waals surface area contributed by atoms with Crippen molar-refractivity contribution in [3.8, 4) is 16.9 Å². The van der Waals surface area contributed by atoms with Crippen LogP contribution in [0.4, 0.5) is 4.79 Å². The van der Waals surface area contributed by atoms with E-state index in [-0.39, 0.29) is 18.9 Å². The highest BCUT2D eigenvalue weighted by molar-refractivity contribution is 5.81. The van der Waals surface area contributed by atoms with Gasteiger partial charge in [-0.05, 0) is 77.6 Å². The molecule has 186 valence electrons. The summed E-state index contributed by atoms with van der Waals surface area (Å²) in [5.74, 6) is -0.279. The molecular formula is C30H31NO5. The van der Waals surface area contributed by atoms with Crippen molar-refractivity contribution in [2.75, 3.05) is 13.2 Å². The second-order valence-electron chi connectivity index (χ2n) is 9.38. The standard InChI is InChI=1S/C30H31NO5/c1-2-35-28-16-15-19(20-9-3-8-14-25(20)28)17-27(29(32)33)31-30(34)36-18-26-23-12-6-4-10-21(23)22-11-5-7-13-24(22)26/h4-7,10-13,15-16,26-27H,2-3,8-9,14,17-18H2,1H3,(H,31,34)(H,32,33). The average Bonchev–Trinajstić information content (AvgIpc) is 3.22. The van der Waals surface area contributed by atoms with Gasteiger partial charge in [0, 0.05) is 12.3 Å². The van der Waals surface area contributed by atoms with Crippen LogP contribution in [0.25, 0.3) is 11.1 Å². The van der Waals surface area contributed by atoms with Crippen LogP contribution in [0.1, 0.15) is 53.5 Å². The predicted molar refractivity (Wildman–Crippen MR) is 138 cm³/mol. The monoisotopic (exact) mass is 485 g/mol. The smallest absolute Gasteiger partial charge is 0.407 e. The van der Waals surface area contributed by atoms with Crippen molar-refractivity contribution in [2.45, 2.75) is 51.0 Å². The summed E-state index contributed by atoms with van der Waals surface area (Å²) in [4.78, 5) is 24.8. The Morgan fingerprint density at radius 2 is 1.58 bits per heavy atom. The fourth-order valence-corrected chi connectivity index (χ4v) is 5.59. The van der Waals surface area contributed by atoms with Crippen molar-refractivity contribution in [2.24, 2.45) is 0 Å². The molecule has 1 amide bonds. The molecule has 0 radical (unpaired) electrons. The summed E-state index contributed by atoms with van der Waals surface area (Å²) in [7, 11) is 0. The van der Waals surface area contributed by atoms with E-state index in [0.717, 1.165) is 64.8 Å². The van der Waals surface area contributed by atoms with E-state index in [4.69, 9.17) is 9.47 Å². The van der Waals surface area contributed by atoms with E-state index in [1.165, 1.54) is 5.56 Å². The summed E-state index contributed by atoms with van der Waals surface area (Å²) in [5, 5.41) is 12.5. The van der Waals surface area contributed by atoms with E-state index in [9.17, 15) is 14.7 Å². The maximum absolute atomic E-state index is 12.7. The third-order valence-corrected chi connectivity index (χ3v) is 7.25. The number of hydrogen-bond donors (Lipinski definition) is 2. The van der Waals surface area contributed by atoms with Gasteiger partial charge in [-0.2, -0.15) is 0 Å². The van der Waals surface area contributed by atoms with Crippen molar-refractivity contribution >= 4 is 12.1 Å². The molecule has 1 atom stereocenters. The summed E-state index contributed by atoms with van der Waals surface area (Å²) >= 11 is 0. The summed E-state index contributed by atoms with van der Waals surface area (Å²) in [6.07, 6.45) is 3.46. The number of benzene rings is 3. The van der Waals surface area contributed by atoms with Crippen LogP contribution in [0.3, 0.4) is 0 Å². The van der Waals surface area contributed by atoms with Crippen molar-refractivity contribution in [3.05, 3.63) is 88.5 Å². The minimum absolute atomic E-state index is 0.0791. The van der Waals surface area contributed by atoms with Crippen LogP contribution in [0.2, 0.25) is 0 Å². The van der Waals surface area contributed by atoms with Crippen molar-refractivity contribution in [1.82, 2.24) is 5.32 Å². The lowest BCUT2D eigenvalue weighted by Gasteiger charge is -2.24. The van der Waals surface area contributed by atoms with Crippen LogP contribution in [0.5, 0.6) is 5.75 Å². The van der Waals surface area contributed by atoms with Gasteiger partial charge in [-0.3, -0.25) is 0 Å². The minimum atomic E-state index is -1.08. The van der Waals surface area contributed by atoms with E-state index < -0.39 is 18.1 Å². The lowest BCUT2D eigenvalue weighted by Crippen LogP contribution is -2.43. The average molecular weight is 486 g/mol. The number of carboxylic acid groups (broad SMARTS) is 1. The maximum atomic E-state index is 12.7. The number of carboxylic acids is 1. The molecule has 0 saturated carbocycles. The SMILES string of the molecule is CCOc1ccc(CC(NC(=O)OCC2c3ccccc3-c3ccccc32)C(=O)O)c2c1CCCC2. The predicted octanol–water partition coefficient (Wildman–Crippen LogP) is 5.50.